The highest BCUT2D eigenvalue weighted by molar-refractivity contribution is 5.80. The molecule has 0 aliphatic heterocycles. The van der Waals surface area contributed by atoms with Crippen LogP contribution >= 0.6 is 0 Å². The maximum atomic E-state index is 10.1. The molecule has 2 aromatic carbocycles. The van der Waals surface area contributed by atoms with Gasteiger partial charge in [0.25, 0.3) is 0 Å². The third kappa shape index (κ3) is 4.02. The van der Waals surface area contributed by atoms with Crippen LogP contribution in [-0.2, 0) is 0 Å². The number of rotatable bonds is 2. The fourth-order valence-electron chi connectivity index (χ4n) is 1.27. The van der Waals surface area contributed by atoms with E-state index in [0.29, 0.717) is 12.6 Å². The van der Waals surface area contributed by atoms with Crippen LogP contribution < -0.4 is 0 Å². The first kappa shape index (κ1) is 15.0. The number of aromatic hydroxyl groups is 4. The molecule has 4 N–H and O–H groups in total. The Kier molecular flexibility index (Phi) is 5.11. The predicted molar refractivity (Wildman–Crippen MR) is 70.3 cm³/mol. The Labute approximate surface area is 114 Å². The molecule has 20 heavy (non-hydrogen) atoms. The second-order valence-corrected chi connectivity index (χ2v) is 3.72. The largest absolute Gasteiger partial charge is 0.508 e. The van der Waals surface area contributed by atoms with Gasteiger partial charge in [0.05, 0.1) is 11.1 Å². The van der Waals surface area contributed by atoms with E-state index in [4.69, 9.17) is 20.4 Å². The van der Waals surface area contributed by atoms with Crippen LogP contribution in [-0.4, -0.2) is 33.0 Å². The molecule has 0 unspecified atom stereocenters. The first-order valence-corrected chi connectivity index (χ1v) is 5.42. The zero-order chi connectivity index (χ0) is 15.1. The van der Waals surface area contributed by atoms with Gasteiger partial charge in [0, 0.05) is 0 Å². The van der Waals surface area contributed by atoms with Gasteiger partial charge >= 0.3 is 0 Å². The maximum absolute atomic E-state index is 10.1. The monoisotopic (exact) mass is 276 g/mol. The summed E-state index contributed by atoms with van der Waals surface area (Å²) >= 11 is 0. The minimum atomic E-state index is -0.118. The predicted octanol–water partition coefficient (Wildman–Crippen LogP) is 1.82. The number of aldehydes is 2. The quantitative estimate of drug-likeness (QED) is 0.491. The van der Waals surface area contributed by atoms with Gasteiger partial charge in [-0.3, -0.25) is 9.59 Å². The van der Waals surface area contributed by atoms with Gasteiger partial charge in [-0.25, -0.2) is 0 Å². The lowest BCUT2D eigenvalue weighted by Gasteiger charge is -1.95. The van der Waals surface area contributed by atoms with Crippen molar-refractivity contribution >= 4 is 12.6 Å². The molecule has 0 radical (unpaired) electrons. The molecule has 0 fully saturated rings. The van der Waals surface area contributed by atoms with E-state index in [2.05, 4.69) is 0 Å². The van der Waals surface area contributed by atoms with E-state index >= 15 is 0 Å². The molecular formula is C14H12O6. The summed E-state index contributed by atoms with van der Waals surface area (Å²) in [6.45, 7) is 0. The van der Waals surface area contributed by atoms with Gasteiger partial charge < -0.3 is 20.4 Å². The average Bonchev–Trinajstić information content (AvgIpc) is 2.44. The molecule has 0 bridgehead atoms. The minimum absolute atomic E-state index is 0.0279. The van der Waals surface area contributed by atoms with Crippen molar-refractivity contribution in [2.24, 2.45) is 0 Å². The van der Waals surface area contributed by atoms with E-state index in [1.165, 1.54) is 36.4 Å². The van der Waals surface area contributed by atoms with E-state index in [-0.39, 0.29) is 34.1 Å². The molecule has 0 saturated carbocycles. The van der Waals surface area contributed by atoms with Crippen LogP contribution in [0.15, 0.2) is 36.4 Å². The van der Waals surface area contributed by atoms with Gasteiger partial charge in [-0.1, -0.05) is 0 Å². The third-order valence-electron chi connectivity index (χ3n) is 2.28. The molecule has 0 aromatic heterocycles. The molecule has 0 saturated heterocycles. The van der Waals surface area contributed by atoms with Crippen LogP contribution in [0.1, 0.15) is 20.7 Å². The molecule has 0 aliphatic rings. The van der Waals surface area contributed by atoms with E-state index in [9.17, 15) is 9.59 Å². The summed E-state index contributed by atoms with van der Waals surface area (Å²) in [7, 11) is 0. The summed E-state index contributed by atoms with van der Waals surface area (Å²) < 4.78 is 0. The zero-order valence-electron chi connectivity index (χ0n) is 10.2. The highest BCUT2D eigenvalue weighted by Crippen LogP contribution is 2.20. The molecular weight excluding hydrogens is 264 g/mol. The number of hydrogen-bond donors (Lipinski definition) is 4. The van der Waals surface area contributed by atoms with Gasteiger partial charge in [-0.15, -0.1) is 0 Å². The molecule has 0 heterocycles. The number of carbonyl (C=O) groups is 2. The average molecular weight is 276 g/mol. The highest BCUT2D eigenvalue weighted by Gasteiger charge is 1.99. The van der Waals surface area contributed by atoms with E-state index < -0.39 is 0 Å². The van der Waals surface area contributed by atoms with E-state index in [1.54, 1.807) is 0 Å². The number of phenolic OH excluding ortho intramolecular Hbond substituents is 4. The van der Waals surface area contributed by atoms with E-state index in [1.807, 2.05) is 0 Å². The topological polar surface area (TPSA) is 115 Å². The Morgan fingerprint density at radius 3 is 1.25 bits per heavy atom. The summed E-state index contributed by atoms with van der Waals surface area (Å²) in [6.07, 6.45) is 0.962. The maximum Gasteiger partial charge on any atom is 0.153 e. The SMILES string of the molecule is O=Cc1cc(O)ccc1O.O=Cc1cc(O)ccc1O. The summed E-state index contributed by atoms with van der Waals surface area (Å²) in [5.74, 6) is -0.291. The summed E-state index contributed by atoms with van der Waals surface area (Å²) in [6, 6.07) is 7.54. The van der Waals surface area contributed by atoms with Gasteiger partial charge in [0.15, 0.2) is 12.6 Å². The van der Waals surface area contributed by atoms with Crippen molar-refractivity contribution < 1.29 is 30.0 Å². The fourth-order valence-corrected chi connectivity index (χ4v) is 1.27. The summed E-state index contributed by atoms with van der Waals surface area (Å²) in [5, 5.41) is 35.4. The van der Waals surface area contributed by atoms with Crippen molar-refractivity contribution in [3.8, 4) is 23.0 Å². The number of phenols is 4. The lowest BCUT2D eigenvalue weighted by molar-refractivity contribution is 0.111. The first-order chi connectivity index (χ1) is 9.47. The van der Waals surface area contributed by atoms with Crippen molar-refractivity contribution in [2.45, 2.75) is 0 Å². The number of benzene rings is 2. The van der Waals surface area contributed by atoms with E-state index in [0.717, 1.165) is 0 Å². The Hall–Kier alpha value is -3.02. The number of hydrogen-bond acceptors (Lipinski definition) is 6. The Balaban J connectivity index is 0.000000200. The van der Waals surface area contributed by atoms with Crippen molar-refractivity contribution in [2.75, 3.05) is 0 Å². The molecule has 0 aliphatic carbocycles. The van der Waals surface area contributed by atoms with Crippen molar-refractivity contribution in [3.63, 3.8) is 0 Å². The second kappa shape index (κ2) is 6.79. The summed E-state index contributed by atoms with van der Waals surface area (Å²) in [4.78, 5) is 20.2. The number of carbonyl (C=O) groups excluding carboxylic acids is 2. The lowest BCUT2D eigenvalue weighted by Crippen LogP contribution is -1.78. The van der Waals surface area contributed by atoms with Gasteiger partial charge in [-0.05, 0) is 36.4 Å². The van der Waals surface area contributed by atoms with Crippen LogP contribution in [0.4, 0.5) is 0 Å². The molecule has 6 nitrogen and oxygen atoms in total. The fraction of sp³-hybridized carbons (Fsp3) is 0. The smallest absolute Gasteiger partial charge is 0.153 e. The van der Waals surface area contributed by atoms with Crippen LogP contribution in [0.2, 0.25) is 0 Å². The van der Waals surface area contributed by atoms with Gasteiger partial charge in [0.1, 0.15) is 23.0 Å². The lowest BCUT2D eigenvalue weighted by atomic mass is 10.2. The van der Waals surface area contributed by atoms with Crippen LogP contribution in [0, 0.1) is 0 Å². The minimum Gasteiger partial charge on any atom is -0.508 e. The van der Waals surface area contributed by atoms with Gasteiger partial charge in [0.2, 0.25) is 0 Å². The Bertz CT molecular complexity index is 566. The Morgan fingerprint density at radius 1 is 0.650 bits per heavy atom. The molecule has 104 valence electrons. The molecule has 6 heteroatoms. The van der Waals surface area contributed by atoms with Crippen molar-refractivity contribution in [1.29, 1.82) is 0 Å². The second-order valence-electron chi connectivity index (χ2n) is 3.72. The molecule has 0 spiro atoms. The highest BCUT2D eigenvalue weighted by atomic mass is 16.3. The van der Waals surface area contributed by atoms with Crippen LogP contribution in [0.5, 0.6) is 23.0 Å². The van der Waals surface area contributed by atoms with Gasteiger partial charge in [-0.2, -0.15) is 0 Å². The standard InChI is InChI=1S/2C7H6O3/c2*8-4-5-3-6(9)1-2-7(5)10/h2*1-4,9-10H. The van der Waals surface area contributed by atoms with Crippen LogP contribution in [0.25, 0.3) is 0 Å². The third-order valence-corrected chi connectivity index (χ3v) is 2.28. The molecule has 2 rings (SSSR count). The molecule has 0 atom stereocenters. The Morgan fingerprint density at radius 2 is 1.00 bits per heavy atom. The molecule has 2 aromatic rings. The zero-order valence-corrected chi connectivity index (χ0v) is 10.2. The van der Waals surface area contributed by atoms with Crippen molar-refractivity contribution in [3.05, 3.63) is 47.5 Å². The van der Waals surface area contributed by atoms with Crippen LogP contribution in [0.3, 0.4) is 0 Å². The summed E-state index contributed by atoms with van der Waals surface area (Å²) in [5.41, 5.74) is 0.194. The first-order valence-electron chi connectivity index (χ1n) is 5.42. The normalized spacial score (nSPS) is 9.20. The van der Waals surface area contributed by atoms with Crippen molar-refractivity contribution in [1.82, 2.24) is 0 Å². The molecule has 0 amide bonds.